The number of thiazole rings is 1. The maximum Gasteiger partial charge on any atom is 0.237 e. The molecule has 1 amide bonds. The summed E-state index contributed by atoms with van der Waals surface area (Å²) in [5.41, 5.74) is 0. The highest BCUT2D eigenvalue weighted by molar-refractivity contribution is 7.15. The van der Waals surface area contributed by atoms with Crippen molar-refractivity contribution in [2.75, 3.05) is 31.2 Å². The maximum atomic E-state index is 12.1. The van der Waals surface area contributed by atoms with E-state index in [0.29, 0.717) is 13.1 Å². The fourth-order valence-corrected chi connectivity index (χ4v) is 3.28. The van der Waals surface area contributed by atoms with Crippen molar-refractivity contribution in [3.05, 3.63) is 35.2 Å². The molecule has 1 atom stereocenters. The van der Waals surface area contributed by atoms with Gasteiger partial charge in [-0.2, -0.15) is 0 Å². The first-order valence-corrected chi connectivity index (χ1v) is 8.85. The number of nitrogens with zero attached hydrogens (tertiary/aromatic N) is 2. The summed E-state index contributed by atoms with van der Waals surface area (Å²) in [5.74, 6) is 0.692. The van der Waals surface area contributed by atoms with Gasteiger partial charge in [0.2, 0.25) is 5.91 Å². The van der Waals surface area contributed by atoms with Gasteiger partial charge in [-0.25, -0.2) is 4.98 Å². The van der Waals surface area contributed by atoms with Gasteiger partial charge in [-0.05, 0) is 19.1 Å². The van der Waals surface area contributed by atoms with Crippen molar-refractivity contribution in [1.29, 1.82) is 0 Å². The second-order valence-corrected chi connectivity index (χ2v) is 6.70. The van der Waals surface area contributed by atoms with Crippen LogP contribution in [0.1, 0.15) is 17.6 Å². The lowest BCUT2D eigenvalue weighted by Gasteiger charge is -2.26. The van der Waals surface area contributed by atoms with Gasteiger partial charge >= 0.3 is 0 Å². The minimum absolute atomic E-state index is 0.0516. The molecule has 1 aliphatic rings. The van der Waals surface area contributed by atoms with E-state index >= 15 is 0 Å². The van der Waals surface area contributed by atoms with Gasteiger partial charge in [0.05, 0.1) is 32.1 Å². The molecule has 130 valence electrons. The Hall–Kier alpha value is -1.90. The fraction of sp³-hybridized carbons (Fsp3) is 0.500. The molecule has 1 fully saturated rings. The highest BCUT2D eigenvalue weighted by Crippen LogP contribution is 2.23. The molecule has 24 heavy (non-hydrogen) atoms. The van der Waals surface area contributed by atoms with Gasteiger partial charge in [-0.15, -0.1) is 11.3 Å². The van der Waals surface area contributed by atoms with Crippen LogP contribution in [-0.4, -0.2) is 43.2 Å². The van der Waals surface area contributed by atoms with Gasteiger partial charge < -0.3 is 24.7 Å². The van der Waals surface area contributed by atoms with Crippen molar-refractivity contribution >= 4 is 22.4 Å². The van der Waals surface area contributed by atoms with E-state index in [-0.39, 0.29) is 11.9 Å². The molecular formula is C16H22N4O3S. The number of hydrogen-bond acceptors (Lipinski definition) is 7. The van der Waals surface area contributed by atoms with Crippen LogP contribution in [-0.2, 0) is 22.6 Å². The fourth-order valence-electron chi connectivity index (χ4n) is 2.37. The summed E-state index contributed by atoms with van der Waals surface area (Å²) < 4.78 is 10.6. The summed E-state index contributed by atoms with van der Waals surface area (Å²) in [6.45, 7) is 6.14. The lowest BCUT2D eigenvalue weighted by Crippen LogP contribution is -2.41. The quantitative estimate of drug-likeness (QED) is 0.785. The molecule has 3 heterocycles. The SMILES string of the molecule is CC(NCc1cnc(N2CCOCC2)s1)C(=O)NCc1ccco1. The van der Waals surface area contributed by atoms with E-state index in [4.69, 9.17) is 9.15 Å². The summed E-state index contributed by atoms with van der Waals surface area (Å²) >= 11 is 1.65. The van der Waals surface area contributed by atoms with E-state index in [1.165, 1.54) is 0 Å². The number of ether oxygens (including phenoxy) is 1. The smallest absolute Gasteiger partial charge is 0.237 e. The average molecular weight is 350 g/mol. The van der Waals surface area contributed by atoms with Gasteiger partial charge in [-0.1, -0.05) is 0 Å². The first-order chi connectivity index (χ1) is 11.7. The number of carbonyl (C=O) groups is 1. The first-order valence-electron chi connectivity index (χ1n) is 8.03. The van der Waals surface area contributed by atoms with E-state index in [9.17, 15) is 4.79 Å². The van der Waals surface area contributed by atoms with Gasteiger partial charge in [0.15, 0.2) is 5.13 Å². The molecule has 0 spiro atoms. The van der Waals surface area contributed by atoms with Crippen molar-refractivity contribution in [1.82, 2.24) is 15.6 Å². The van der Waals surface area contributed by atoms with Crippen LogP contribution in [0.2, 0.25) is 0 Å². The third kappa shape index (κ3) is 4.56. The van der Waals surface area contributed by atoms with Crippen molar-refractivity contribution in [2.24, 2.45) is 0 Å². The molecule has 2 N–H and O–H groups in total. The van der Waals surface area contributed by atoms with Crippen LogP contribution in [0, 0.1) is 0 Å². The molecule has 2 aromatic rings. The molecule has 1 aliphatic heterocycles. The van der Waals surface area contributed by atoms with E-state index in [2.05, 4.69) is 20.5 Å². The van der Waals surface area contributed by atoms with Crippen LogP contribution in [0.25, 0.3) is 0 Å². The second kappa shape index (κ2) is 8.27. The Morgan fingerprint density at radius 3 is 3.00 bits per heavy atom. The van der Waals surface area contributed by atoms with E-state index in [1.807, 2.05) is 19.2 Å². The summed E-state index contributed by atoms with van der Waals surface area (Å²) in [7, 11) is 0. The molecule has 8 heteroatoms. The Balaban J connectivity index is 1.43. The van der Waals surface area contributed by atoms with Gasteiger partial charge in [0, 0.05) is 30.7 Å². The molecule has 0 aliphatic carbocycles. The number of furan rings is 1. The highest BCUT2D eigenvalue weighted by atomic mass is 32.1. The standard InChI is InChI=1S/C16H22N4O3S/c1-12(15(21)18-9-13-3-2-6-23-13)17-10-14-11-19-16(24-14)20-4-7-22-8-5-20/h2-3,6,11-12,17H,4-5,7-10H2,1H3,(H,18,21). The van der Waals surface area contributed by atoms with E-state index < -0.39 is 0 Å². The molecule has 2 aromatic heterocycles. The summed E-state index contributed by atoms with van der Waals surface area (Å²) in [5, 5.41) is 7.10. The van der Waals surface area contributed by atoms with E-state index in [0.717, 1.165) is 42.1 Å². The van der Waals surface area contributed by atoms with Crippen molar-refractivity contribution in [3.63, 3.8) is 0 Å². The molecule has 0 radical (unpaired) electrons. The number of anilines is 1. The van der Waals surface area contributed by atoms with Crippen LogP contribution < -0.4 is 15.5 Å². The molecule has 7 nitrogen and oxygen atoms in total. The maximum absolute atomic E-state index is 12.1. The number of hydrogen-bond donors (Lipinski definition) is 2. The van der Waals surface area contributed by atoms with Crippen molar-refractivity contribution in [2.45, 2.75) is 26.1 Å². The Labute approximate surface area is 145 Å². The molecule has 0 saturated carbocycles. The topological polar surface area (TPSA) is 79.6 Å². The zero-order chi connectivity index (χ0) is 16.8. The third-order valence-electron chi connectivity index (χ3n) is 3.82. The van der Waals surface area contributed by atoms with Gasteiger partial charge in [0.1, 0.15) is 5.76 Å². The molecule has 0 bridgehead atoms. The minimum atomic E-state index is -0.283. The van der Waals surface area contributed by atoms with Crippen molar-refractivity contribution in [3.8, 4) is 0 Å². The Morgan fingerprint density at radius 1 is 1.42 bits per heavy atom. The predicted molar refractivity (Wildman–Crippen MR) is 92.0 cm³/mol. The number of carbonyl (C=O) groups excluding carboxylic acids is 1. The Bertz CT molecular complexity index is 638. The molecule has 3 rings (SSSR count). The van der Waals surface area contributed by atoms with Crippen LogP contribution in [0.3, 0.4) is 0 Å². The van der Waals surface area contributed by atoms with E-state index in [1.54, 1.807) is 23.7 Å². The summed E-state index contributed by atoms with van der Waals surface area (Å²) in [6, 6.07) is 3.36. The largest absolute Gasteiger partial charge is 0.467 e. The number of nitrogens with one attached hydrogen (secondary N) is 2. The molecular weight excluding hydrogens is 328 g/mol. The highest BCUT2D eigenvalue weighted by Gasteiger charge is 2.16. The third-order valence-corrected chi connectivity index (χ3v) is 4.87. The summed E-state index contributed by atoms with van der Waals surface area (Å²) in [4.78, 5) is 19.9. The van der Waals surface area contributed by atoms with Crippen LogP contribution in [0.5, 0.6) is 0 Å². The number of morpholine rings is 1. The lowest BCUT2D eigenvalue weighted by atomic mass is 10.3. The second-order valence-electron chi connectivity index (χ2n) is 5.61. The number of aromatic nitrogens is 1. The van der Waals surface area contributed by atoms with Crippen molar-refractivity contribution < 1.29 is 13.9 Å². The Morgan fingerprint density at radius 2 is 2.25 bits per heavy atom. The zero-order valence-electron chi connectivity index (χ0n) is 13.7. The normalized spacial score (nSPS) is 16.1. The van der Waals surface area contributed by atoms with Crippen LogP contribution in [0.15, 0.2) is 29.0 Å². The number of rotatable bonds is 7. The van der Waals surface area contributed by atoms with Gasteiger partial charge in [0.25, 0.3) is 0 Å². The minimum Gasteiger partial charge on any atom is -0.467 e. The molecule has 1 saturated heterocycles. The van der Waals surface area contributed by atoms with Crippen LogP contribution >= 0.6 is 11.3 Å². The zero-order valence-corrected chi connectivity index (χ0v) is 14.5. The predicted octanol–water partition coefficient (Wildman–Crippen LogP) is 1.37. The molecule has 0 aromatic carbocycles. The average Bonchev–Trinajstić information content (AvgIpc) is 3.30. The lowest BCUT2D eigenvalue weighted by molar-refractivity contribution is -0.123. The van der Waals surface area contributed by atoms with Crippen LogP contribution in [0.4, 0.5) is 5.13 Å². The first kappa shape index (κ1) is 16.9. The number of amides is 1. The summed E-state index contributed by atoms with van der Waals surface area (Å²) in [6.07, 6.45) is 3.47. The molecule has 1 unspecified atom stereocenters. The Kier molecular flexibility index (Phi) is 5.84. The van der Waals surface area contributed by atoms with Gasteiger partial charge in [-0.3, -0.25) is 4.79 Å². The monoisotopic (exact) mass is 350 g/mol.